The first-order valence-electron chi connectivity index (χ1n) is 3.04. The third kappa shape index (κ3) is 1.66. The number of hydrogen-bond donors (Lipinski definition) is 2. The minimum Gasteiger partial charge on any atom is -0.503 e. The molecule has 0 aliphatic heterocycles. The number of aromatic hydroxyl groups is 1. The summed E-state index contributed by atoms with van der Waals surface area (Å²) < 4.78 is 13.2. The van der Waals surface area contributed by atoms with E-state index >= 15 is 0 Å². The number of hydrogen-bond acceptors (Lipinski definition) is 2. The fraction of sp³-hybridized carbons (Fsp3) is 0. The van der Waals surface area contributed by atoms with Crippen LogP contribution in [0.3, 0.4) is 0 Å². The van der Waals surface area contributed by atoms with Crippen LogP contribution in [0.25, 0.3) is 0 Å². The number of phenolic OH excluding ortho intramolecular Hbond substituents is 1. The third-order valence-electron chi connectivity index (χ3n) is 1.28. The Labute approximate surface area is 81.7 Å². The average molecular weight is 281 g/mol. The summed E-state index contributed by atoms with van der Waals surface area (Å²) in [5, 5.41) is 11.3. The van der Waals surface area contributed by atoms with E-state index in [1.807, 2.05) is 0 Å². The fourth-order valence-corrected chi connectivity index (χ4v) is 1.16. The van der Waals surface area contributed by atoms with Crippen molar-refractivity contribution in [1.29, 1.82) is 0 Å². The van der Waals surface area contributed by atoms with Crippen LogP contribution in [0.2, 0.25) is 0 Å². The fourth-order valence-electron chi connectivity index (χ4n) is 0.720. The number of carbonyl (C=O) groups excluding carboxylic acids is 1. The summed E-state index contributed by atoms with van der Waals surface area (Å²) in [6, 6.07) is 2.88. The van der Waals surface area contributed by atoms with Crippen molar-refractivity contribution in [3.63, 3.8) is 0 Å². The second-order valence-electron chi connectivity index (χ2n) is 2.02. The number of halogens is 2. The van der Waals surface area contributed by atoms with Crippen LogP contribution in [0.15, 0.2) is 12.1 Å². The van der Waals surface area contributed by atoms with Gasteiger partial charge >= 0.3 is 0 Å². The highest BCUT2D eigenvalue weighted by Gasteiger charge is 2.09. The molecule has 0 aliphatic carbocycles. The number of rotatable bonds is 2. The maximum atomic E-state index is 12.9. The van der Waals surface area contributed by atoms with Gasteiger partial charge < -0.3 is 10.4 Å². The Hall–Kier alpha value is -0.850. The van der Waals surface area contributed by atoms with E-state index in [9.17, 15) is 9.18 Å². The Morgan fingerprint density at radius 1 is 1.58 bits per heavy atom. The third-order valence-corrected chi connectivity index (χ3v) is 2.12. The standard InChI is InChI=1S/C7H5FINO2/c8-6-4(9)1-2-5(7(6)12)10-3-11/h1-3,12H,(H,10,11). The summed E-state index contributed by atoms with van der Waals surface area (Å²) in [6.07, 6.45) is 0.376. The molecule has 1 aromatic carbocycles. The van der Waals surface area contributed by atoms with Gasteiger partial charge in [0.05, 0.1) is 9.26 Å². The van der Waals surface area contributed by atoms with Crippen LogP contribution in [-0.2, 0) is 4.79 Å². The molecule has 0 bridgehead atoms. The van der Waals surface area contributed by atoms with Crippen molar-refractivity contribution in [2.45, 2.75) is 0 Å². The van der Waals surface area contributed by atoms with Crippen molar-refractivity contribution in [1.82, 2.24) is 0 Å². The largest absolute Gasteiger partial charge is 0.503 e. The van der Waals surface area contributed by atoms with E-state index in [0.717, 1.165) is 0 Å². The Balaban J connectivity index is 3.16. The quantitative estimate of drug-likeness (QED) is 0.492. The zero-order chi connectivity index (χ0) is 9.14. The molecule has 64 valence electrons. The zero-order valence-electron chi connectivity index (χ0n) is 5.84. The molecular formula is C7H5FINO2. The Bertz CT molecular complexity index is 317. The monoisotopic (exact) mass is 281 g/mol. The van der Waals surface area contributed by atoms with Gasteiger partial charge in [-0.05, 0) is 34.7 Å². The smallest absolute Gasteiger partial charge is 0.211 e. The molecule has 0 radical (unpaired) electrons. The van der Waals surface area contributed by atoms with Gasteiger partial charge in [-0.15, -0.1) is 0 Å². The van der Waals surface area contributed by atoms with Crippen molar-refractivity contribution in [2.75, 3.05) is 5.32 Å². The van der Waals surface area contributed by atoms with Crippen LogP contribution in [0, 0.1) is 9.39 Å². The van der Waals surface area contributed by atoms with Gasteiger partial charge in [-0.1, -0.05) is 0 Å². The lowest BCUT2D eigenvalue weighted by molar-refractivity contribution is -0.105. The van der Waals surface area contributed by atoms with Crippen molar-refractivity contribution < 1.29 is 14.3 Å². The van der Waals surface area contributed by atoms with Crippen LogP contribution in [0.1, 0.15) is 0 Å². The average Bonchev–Trinajstić information content (AvgIpc) is 2.07. The predicted octanol–water partition coefficient (Wildman–Crippen LogP) is 1.70. The summed E-state index contributed by atoms with van der Waals surface area (Å²) in [6.45, 7) is 0. The highest BCUT2D eigenvalue weighted by molar-refractivity contribution is 14.1. The highest BCUT2D eigenvalue weighted by atomic mass is 127. The van der Waals surface area contributed by atoms with Gasteiger partial charge in [-0.25, -0.2) is 4.39 Å². The molecule has 0 unspecified atom stereocenters. The van der Waals surface area contributed by atoms with E-state index in [1.165, 1.54) is 12.1 Å². The van der Waals surface area contributed by atoms with Crippen molar-refractivity contribution in [3.05, 3.63) is 21.5 Å². The molecule has 0 fully saturated rings. The SMILES string of the molecule is O=CNc1ccc(I)c(F)c1O. The number of amides is 1. The molecule has 0 heterocycles. The van der Waals surface area contributed by atoms with E-state index < -0.39 is 11.6 Å². The van der Waals surface area contributed by atoms with Gasteiger partial charge in [-0.3, -0.25) is 4.79 Å². The van der Waals surface area contributed by atoms with Gasteiger partial charge in [0.25, 0.3) is 0 Å². The molecule has 0 saturated heterocycles. The van der Waals surface area contributed by atoms with Gasteiger partial charge in [0.15, 0.2) is 11.6 Å². The molecule has 0 aliphatic rings. The summed E-state index contributed by atoms with van der Waals surface area (Å²) in [7, 11) is 0. The van der Waals surface area contributed by atoms with Crippen LogP contribution >= 0.6 is 22.6 Å². The van der Waals surface area contributed by atoms with Crippen LogP contribution in [0.4, 0.5) is 10.1 Å². The molecule has 0 aromatic heterocycles. The molecular weight excluding hydrogens is 276 g/mol. The first-order chi connectivity index (χ1) is 5.66. The highest BCUT2D eigenvalue weighted by Crippen LogP contribution is 2.28. The minimum atomic E-state index is -0.720. The lowest BCUT2D eigenvalue weighted by Gasteiger charge is -2.03. The summed E-state index contributed by atoms with van der Waals surface area (Å²) in [5.41, 5.74) is 0.0721. The van der Waals surface area contributed by atoms with Gasteiger partial charge in [-0.2, -0.15) is 0 Å². The first kappa shape index (κ1) is 9.24. The van der Waals surface area contributed by atoms with Crippen molar-refractivity contribution >= 4 is 34.7 Å². The Kier molecular flexibility index (Phi) is 2.85. The van der Waals surface area contributed by atoms with Gasteiger partial charge in [0.2, 0.25) is 6.41 Å². The summed E-state index contributed by atoms with van der Waals surface area (Å²) >= 11 is 1.74. The maximum Gasteiger partial charge on any atom is 0.211 e. The first-order valence-corrected chi connectivity index (χ1v) is 4.12. The molecule has 1 amide bonds. The van der Waals surface area contributed by atoms with Crippen LogP contribution in [-0.4, -0.2) is 11.5 Å². The lowest BCUT2D eigenvalue weighted by Crippen LogP contribution is -1.96. The maximum absolute atomic E-state index is 12.9. The van der Waals surface area contributed by atoms with E-state index in [4.69, 9.17) is 5.11 Å². The molecule has 1 aromatic rings. The normalized spacial score (nSPS) is 9.50. The summed E-state index contributed by atoms with van der Waals surface area (Å²) in [4.78, 5) is 9.98. The van der Waals surface area contributed by atoms with Gasteiger partial charge in [0, 0.05) is 0 Å². The Morgan fingerprint density at radius 2 is 2.25 bits per heavy atom. The topological polar surface area (TPSA) is 49.3 Å². The number of carbonyl (C=O) groups is 1. The molecule has 1 rings (SSSR count). The molecule has 0 atom stereocenters. The molecule has 2 N–H and O–H groups in total. The van der Waals surface area contributed by atoms with Crippen molar-refractivity contribution in [2.24, 2.45) is 0 Å². The van der Waals surface area contributed by atoms with Crippen LogP contribution in [0.5, 0.6) is 5.75 Å². The number of benzene rings is 1. The zero-order valence-corrected chi connectivity index (χ0v) is 8.00. The second-order valence-corrected chi connectivity index (χ2v) is 3.18. The molecule has 3 nitrogen and oxygen atoms in total. The second kappa shape index (κ2) is 3.70. The Morgan fingerprint density at radius 3 is 2.83 bits per heavy atom. The minimum absolute atomic E-state index is 0.0721. The predicted molar refractivity (Wildman–Crippen MR) is 50.5 cm³/mol. The number of nitrogens with one attached hydrogen (secondary N) is 1. The molecule has 12 heavy (non-hydrogen) atoms. The van der Waals surface area contributed by atoms with E-state index in [0.29, 0.717) is 9.98 Å². The molecule has 5 heteroatoms. The van der Waals surface area contributed by atoms with Crippen LogP contribution < -0.4 is 5.32 Å². The van der Waals surface area contributed by atoms with E-state index in [-0.39, 0.29) is 5.69 Å². The van der Waals surface area contributed by atoms with E-state index in [1.54, 1.807) is 22.6 Å². The summed E-state index contributed by atoms with van der Waals surface area (Å²) in [5.74, 6) is -1.25. The van der Waals surface area contributed by atoms with Crippen molar-refractivity contribution in [3.8, 4) is 5.75 Å². The molecule has 0 saturated carbocycles. The number of anilines is 1. The molecule has 0 spiro atoms. The lowest BCUT2D eigenvalue weighted by atomic mass is 10.3. The van der Waals surface area contributed by atoms with E-state index in [2.05, 4.69) is 5.32 Å². The van der Waals surface area contributed by atoms with Gasteiger partial charge in [0.1, 0.15) is 0 Å². The number of phenols is 1.